The SMILES string of the molecule is CN1CCCc2cc(CCN)ccc21. The predicted octanol–water partition coefficient (Wildman–Crippen LogP) is 1.57. The van der Waals surface area contributed by atoms with E-state index in [0.29, 0.717) is 0 Å². The van der Waals surface area contributed by atoms with E-state index in [1.807, 2.05) is 0 Å². The highest BCUT2D eigenvalue weighted by molar-refractivity contribution is 5.56. The fourth-order valence-electron chi connectivity index (χ4n) is 2.16. The molecule has 1 aromatic carbocycles. The summed E-state index contributed by atoms with van der Waals surface area (Å²) in [6.45, 7) is 1.93. The van der Waals surface area contributed by atoms with Crippen molar-refractivity contribution in [1.82, 2.24) is 0 Å². The highest BCUT2D eigenvalue weighted by Gasteiger charge is 2.13. The molecule has 14 heavy (non-hydrogen) atoms. The number of anilines is 1. The Morgan fingerprint density at radius 1 is 1.43 bits per heavy atom. The molecule has 1 aromatic rings. The summed E-state index contributed by atoms with van der Waals surface area (Å²) < 4.78 is 0. The van der Waals surface area contributed by atoms with E-state index in [0.717, 1.165) is 13.0 Å². The molecular weight excluding hydrogens is 172 g/mol. The Kier molecular flexibility index (Phi) is 2.73. The summed E-state index contributed by atoms with van der Waals surface area (Å²) in [6.07, 6.45) is 3.49. The summed E-state index contributed by atoms with van der Waals surface area (Å²) in [5.74, 6) is 0. The number of nitrogens with two attached hydrogens (primary N) is 1. The molecule has 0 saturated carbocycles. The average molecular weight is 190 g/mol. The fourth-order valence-corrected chi connectivity index (χ4v) is 2.16. The number of hydrogen-bond donors (Lipinski definition) is 1. The normalized spacial score (nSPS) is 15.4. The Morgan fingerprint density at radius 2 is 2.29 bits per heavy atom. The van der Waals surface area contributed by atoms with Crippen molar-refractivity contribution in [2.75, 3.05) is 25.0 Å². The number of fused-ring (bicyclic) bond motifs is 1. The lowest BCUT2D eigenvalue weighted by Crippen LogP contribution is -2.24. The first-order valence-electron chi connectivity index (χ1n) is 5.34. The van der Waals surface area contributed by atoms with Crippen molar-refractivity contribution in [1.29, 1.82) is 0 Å². The van der Waals surface area contributed by atoms with Gasteiger partial charge in [-0.1, -0.05) is 12.1 Å². The van der Waals surface area contributed by atoms with E-state index in [1.54, 1.807) is 0 Å². The van der Waals surface area contributed by atoms with Crippen molar-refractivity contribution >= 4 is 5.69 Å². The summed E-state index contributed by atoms with van der Waals surface area (Å²) in [5, 5.41) is 0. The van der Waals surface area contributed by atoms with Gasteiger partial charge in [0.25, 0.3) is 0 Å². The number of hydrogen-bond acceptors (Lipinski definition) is 2. The molecule has 1 aliphatic heterocycles. The quantitative estimate of drug-likeness (QED) is 0.767. The third-order valence-electron chi connectivity index (χ3n) is 2.93. The second kappa shape index (κ2) is 4.01. The van der Waals surface area contributed by atoms with Crippen LogP contribution in [0.15, 0.2) is 18.2 Å². The first kappa shape index (κ1) is 9.53. The molecule has 0 spiro atoms. The van der Waals surface area contributed by atoms with Crippen molar-refractivity contribution in [3.8, 4) is 0 Å². The molecule has 2 nitrogen and oxygen atoms in total. The zero-order valence-electron chi connectivity index (χ0n) is 8.79. The van der Waals surface area contributed by atoms with Gasteiger partial charge in [-0.05, 0) is 43.0 Å². The number of aryl methyl sites for hydroxylation is 1. The highest BCUT2D eigenvalue weighted by atomic mass is 15.1. The Balaban J connectivity index is 2.29. The molecule has 0 aliphatic carbocycles. The van der Waals surface area contributed by atoms with E-state index in [2.05, 4.69) is 30.1 Å². The van der Waals surface area contributed by atoms with Gasteiger partial charge in [0, 0.05) is 19.3 Å². The number of nitrogens with zero attached hydrogens (tertiary/aromatic N) is 1. The first-order chi connectivity index (χ1) is 6.81. The molecule has 0 atom stereocenters. The van der Waals surface area contributed by atoms with Crippen LogP contribution >= 0.6 is 0 Å². The first-order valence-corrected chi connectivity index (χ1v) is 5.34. The fraction of sp³-hybridized carbons (Fsp3) is 0.500. The zero-order valence-corrected chi connectivity index (χ0v) is 8.79. The van der Waals surface area contributed by atoms with Crippen LogP contribution in [0.3, 0.4) is 0 Å². The monoisotopic (exact) mass is 190 g/mol. The molecule has 0 amide bonds. The van der Waals surface area contributed by atoms with Gasteiger partial charge in [-0.2, -0.15) is 0 Å². The second-order valence-corrected chi connectivity index (χ2v) is 4.03. The third kappa shape index (κ3) is 1.75. The molecule has 0 radical (unpaired) electrons. The zero-order chi connectivity index (χ0) is 9.97. The van der Waals surface area contributed by atoms with Crippen LogP contribution in [0.1, 0.15) is 17.5 Å². The van der Waals surface area contributed by atoms with Gasteiger partial charge >= 0.3 is 0 Å². The van der Waals surface area contributed by atoms with E-state index in [1.165, 1.54) is 36.2 Å². The highest BCUT2D eigenvalue weighted by Crippen LogP contribution is 2.26. The predicted molar refractivity (Wildman–Crippen MR) is 60.8 cm³/mol. The summed E-state index contributed by atoms with van der Waals surface area (Å²) >= 11 is 0. The van der Waals surface area contributed by atoms with Crippen molar-refractivity contribution in [2.24, 2.45) is 5.73 Å². The summed E-state index contributed by atoms with van der Waals surface area (Å²) in [6, 6.07) is 6.75. The Bertz CT molecular complexity index is 320. The molecule has 0 bridgehead atoms. The van der Waals surface area contributed by atoms with Gasteiger partial charge < -0.3 is 10.6 Å². The van der Waals surface area contributed by atoms with Crippen LogP contribution in [0.2, 0.25) is 0 Å². The lowest BCUT2D eigenvalue weighted by Gasteiger charge is -2.27. The van der Waals surface area contributed by atoms with Crippen molar-refractivity contribution in [2.45, 2.75) is 19.3 Å². The molecule has 0 fully saturated rings. The van der Waals surface area contributed by atoms with Crippen LogP contribution < -0.4 is 10.6 Å². The molecule has 0 unspecified atom stereocenters. The lowest BCUT2D eigenvalue weighted by atomic mass is 9.98. The van der Waals surface area contributed by atoms with Gasteiger partial charge in [-0.15, -0.1) is 0 Å². The topological polar surface area (TPSA) is 29.3 Å². The molecular formula is C12H18N2. The molecule has 2 N–H and O–H groups in total. The maximum atomic E-state index is 5.55. The Morgan fingerprint density at radius 3 is 3.07 bits per heavy atom. The summed E-state index contributed by atoms with van der Waals surface area (Å²) in [5.41, 5.74) is 9.82. The summed E-state index contributed by atoms with van der Waals surface area (Å²) in [4.78, 5) is 2.34. The van der Waals surface area contributed by atoms with Crippen molar-refractivity contribution < 1.29 is 0 Å². The van der Waals surface area contributed by atoms with Crippen LogP contribution in [0.25, 0.3) is 0 Å². The van der Waals surface area contributed by atoms with Crippen molar-refractivity contribution in [3.63, 3.8) is 0 Å². The molecule has 2 heteroatoms. The van der Waals surface area contributed by atoms with E-state index in [9.17, 15) is 0 Å². The third-order valence-corrected chi connectivity index (χ3v) is 2.93. The van der Waals surface area contributed by atoms with E-state index in [-0.39, 0.29) is 0 Å². The van der Waals surface area contributed by atoms with Gasteiger partial charge in [0.15, 0.2) is 0 Å². The average Bonchev–Trinajstić information content (AvgIpc) is 2.18. The molecule has 0 aromatic heterocycles. The summed E-state index contributed by atoms with van der Waals surface area (Å²) in [7, 11) is 2.17. The van der Waals surface area contributed by atoms with Crippen LogP contribution in [-0.2, 0) is 12.8 Å². The molecule has 1 heterocycles. The van der Waals surface area contributed by atoms with Crippen LogP contribution in [0.5, 0.6) is 0 Å². The smallest absolute Gasteiger partial charge is 0.0396 e. The Hall–Kier alpha value is -1.02. The molecule has 0 saturated heterocycles. The van der Waals surface area contributed by atoms with Crippen LogP contribution in [-0.4, -0.2) is 20.1 Å². The van der Waals surface area contributed by atoms with E-state index >= 15 is 0 Å². The van der Waals surface area contributed by atoms with Gasteiger partial charge in [0.05, 0.1) is 0 Å². The minimum Gasteiger partial charge on any atom is -0.374 e. The minimum atomic E-state index is 0.745. The maximum Gasteiger partial charge on any atom is 0.0396 e. The second-order valence-electron chi connectivity index (χ2n) is 4.03. The largest absolute Gasteiger partial charge is 0.374 e. The molecule has 76 valence electrons. The van der Waals surface area contributed by atoms with Gasteiger partial charge in [-0.25, -0.2) is 0 Å². The van der Waals surface area contributed by atoms with Crippen LogP contribution in [0.4, 0.5) is 5.69 Å². The van der Waals surface area contributed by atoms with Crippen molar-refractivity contribution in [3.05, 3.63) is 29.3 Å². The minimum absolute atomic E-state index is 0.745. The standard InChI is InChI=1S/C12H18N2/c1-14-8-2-3-11-9-10(6-7-13)4-5-12(11)14/h4-5,9H,2-3,6-8,13H2,1H3. The van der Waals surface area contributed by atoms with E-state index in [4.69, 9.17) is 5.73 Å². The maximum absolute atomic E-state index is 5.55. The number of rotatable bonds is 2. The van der Waals surface area contributed by atoms with Crippen LogP contribution in [0, 0.1) is 0 Å². The molecule has 2 rings (SSSR count). The van der Waals surface area contributed by atoms with E-state index < -0.39 is 0 Å². The molecule has 1 aliphatic rings. The van der Waals surface area contributed by atoms with Gasteiger partial charge in [0.1, 0.15) is 0 Å². The van der Waals surface area contributed by atoms with Gasteiger partial charge in [0.2, 0.25) is 0 Å². The Labute approximate surface area is 85.7 Å². The van der Waals surface area contributed by atoms with Gasteiger partial charge in [-0.3, -0.25) is 0 Å². The lowest BCUT2D eigenvalue weighted by molar-refractivity contribution is 0.742. The number of benzene rings is 1.